The molecule has 6 nitrogen and oxygen atoms in total. The van der Waals surface area contributed by atoms with Crippen molar-refractivity contribution in [3.8, 4) is 0 Å². The van der Waals surface area contributed by atoms with Crippen LogP contribution in [0.25, 0.3) is 0 Å². The van der Waals surface area contributed by atoms with E-state index in [1.807, 2.05) is 60.7 Å². The summed E-state index contributed by atoms with van der Waals surface area (Å²) in [6.45, 7) is 1.10. The van der Waals surface area contributed by atoms with Gasteiger partial charge in [0.15, 0.2) is 0 Å². The number of nitrogens with one attached hydrogen (secondary N) is 1. The van der Waals surface area contributed by atoms with Crippen molar-refractivity contribution in [1.82, 2.24) is 10.4 Å². The molecule has 1 fully saturated rings. The van der Waals surface area contributed by atoms with Gasteiger partial charge in [0.05, 0.1) is 19.1 Å². The lowest BCUT2D eigenvalue weighted by Crippen LogP contribution is -2.30. The van der Waals surface area contributed by atoms with Crippen LogP contribution in [0.5, 0.6) is 0 Å². The Labute approximate surface area is 152 Å². The quantitative estimate of drug-likeness (QED) is 0.866. The lowest BCUT2D eigenvalue weighted by Gasteiger charge is -2.16. The molecular weight excluding hydrogens is 332 g/mol. The summed E-state index contributed by atoms with van der Waals surface area (Å²) < 4.78 is 5.23. The van der Waals surface area contributed by atoms with Crippen LogP contribution < -0.4 is 5.32 Å². The number of amides is 2. The fourth-order valence-corrected chi connectivity index (χ4v) is 2.69. The molecule has 6 heteroatoms. The summed E-state index contributed by atoms with van der Waals surface area (Å²) in [4.78, 5) is 29.6. The van der Waals surface area contributed by atoms with E-state index in [-0.39, 0.29) is 25.0 Å². The second kappa shape index (κ2) is 9.01. The van der Waals surface area contributed by atoms with Crippen LogP contribution >= 0.6 is 0 Å². The van der Waals surface area contributed by atoms with Gasteiger partial charge in [0.2, 0.25) is 5.91 Å². The fraction of sp³-hybridized carbons (Fsp3) is 0.300. The van der Waals surface area contributed by atoms with Crippen LogP contribution in [-0.2, 0) is 27.5 Å². The highest BCUT2D eigenvalue weighted by Gasteiger charge is 2.30. The molecule has 0 saturated carbocycles. The van der Waals surface area contributed by atoms with E-state index < -0.39 is 6.09 Å². The molecule has 2 amide bonds. The zero-order valence-electron chi connectivity index (χ0n) is 14.5. The number of carbonyl (C=O) groups excluding carboxylic acids is 2. The molecule has 1 atom stereocenters. The van der Waals surface area contributed by atoms with Crippen LogP contribution in [0, 0.1) is 0 Å². The Kier molecular flexibility index (Phi) is 6.22. The zero-order chi connectivity index (χ0) is 18.2. The largest absolute Gasteiger partial charge is 0.443 e. The molecule has 1 aliphatic rings. The summed E-state index contributed by atoms with van der Waals surface area (Å²) in [5.74, 6) is -0.0987. The van der Waals surface area contributed by atoms with Crippen LogP contribution in [0.2, 0.25) is 0 Å². The fourth-order valence-electron chi connectivity index (χ4n) is 2.69. The number of hydrogen-bond acceptors (Lipinski definition) is 4. The molecule has 26 heavy (non-hydrogen) atoms. The van der Waals surface area contributed by atoms with Crippen LogP contribution in [0.1, 0.15) is 24.0 Å². The number of rotatable bonds is 6. The summed E-state index contributed by atoms with van der Waals surface area (Å²) in [6.07, 6.45) is -0.00908. The standard InChI is InChI=1S/C20H22N2O4/c23-19(21-14-16-7-3-1-4-8-16)13-18-11-12-22(26-18)20(24)25-15-17-9-5-2-6-10-17/h1-10,18H,11-15H2,(H,21,23)/t18-/m1/s1. The minimum Gasteiger partial charge on any atom is -0.443 e. The first-order valence-corrected chi connectivity index (χ1v) is 8.66. The highest BCUT2D eigenvalue weighted by atomic mass is 16.7. The SMILES string of the molecule is O=C(C[C@H]1CCN(C(=O)OCc2ccccc2)O1)NCc1ccccc1. The van der Waals surface area contributed by atoms with Crippen molar-refractivity contribution in [2.45, 2.75) is 32.1 Å². The first-order chi connectivity index (χ1) is 12.7. The average molecular weight is 354 g/mol. The molecule has 1 N–H and O–H groups in total. The van der Waals surface area contributed by atoms with Gasteiger partial charge >= 0.3 is 6.09 Å². The molecule has 0 spiro atoms. The van der Waals surface area contributed by atoms with E-state index in [4.69, 9.17) is 9.57 Å². The van der Waals surface area contributed by atoms with Gasteiger partial charge < -0.3 is 10.1 Å². The number of hydrogen-bond donors (Lipinski definition) is 1. The Bertz CT molecular complexity index is 721. The maximum Gasteiger partial charge on any atom is 0.434 e. The first-order valence-electron chi connectivity index (χ1n) is 8.66. The molecule has 1 heterocycles. The number of nitrogens with zero attached hydrogens (tertiary/aromatic N) is 1. The molecule has 0 unspecified atom stereocenters. The van der Waals surface area contributed by atoms with E-state index >= 15 is 0 Å². The number of ether oxygens (including phenoxy) is 1. The summed E-state index contributed by atoms with van der Waals surface area (Å²) in [6, 6.07) is 19.2. The Morgan fingerprint density at radius 1 is 1.04 bits per heavy atom. The summed E-state index contributed by atoms with van der Waals surface area (Å²) in [5.41, 5.74) is 1.95. The van der Waals surface area contributed by atoms with E-state index in [0.29, 0.717) is 19.5 Å². The van der Waals surface area contributed by atoms with Crippen molar-refractivity contribution in [2.75, 3.05) is 6.54 Å². The first kappa shape index (κ1) is 17.9. The lowest BCUT2D eigenvalue weighted by atomic mass is 10.2. The molecule has 2 aromatic carbocycles. The Balaban J connectivity index is 1.37. The van der Waals surface area contributed by atoms with Crippen molar-refractivity contribution < 1.29 is 19.2 Å². The van der Waals surface area contributed by atoms with Crippen LogP contribution in [0.3, 0.4) is 0 Å². The van der Waals surface area contributed by atoms with E-state index in [1.165, 1.54) is 5.06 Å². The molecule has 0 bridgehead atoms. The van der Waals surface area contributed by atoms with Crippen molar-refractivity contribution in [1.29, 1.82) is 0 Å². The number of carbonyl (C=O) groups is 2. The average Bonchev–Trinajstić information content (AvgIpc) is 3.14. The topological polar surface area (TPSA) is 67.9 Å². The van der Waals surface area contributed by atoms with Gasteiger partial charge in [-0.15, -0.1) is 0 Å². The van der Waals surface area contributed by atoms with Gasteiger partial charge in [0.1, 0.15) is 6.61 Å². The summed E-state index contributed by atoms with van der Waals surface area (Å²) in [5, 5.41) is 4.06. The smallest absolute Gasteiger partial charge is 0.434 e. The van der Waals surface area contributed by atoms with Gasteiger partial charge in [-0.25, -0.2) is 4.79 Å². The van der Waals surface area contributed by atoms with Crippen LogP contribution in [0.4, 0.5) is 4.79 Å². The van der Waals surface area contributed by atoms with Gasteiger partial charge in [-0.3, -0.25) is 9.63 Å². The minimum atomic E-state index is -0.527. The normalized spacial score (nSPS) is 16.3. The van der Waals surface area contributed by atoms with Gasteiger partial charge in [-0.1, -0.05) is 60.7 Å². The molecule has 0 aromatic heterocycles. The molecule has 0 radical (unpaired) electrons. The van der Waals surface area contributed by atoms with Gasteiger partial charge in [-0.2, -0.15) is 5.06 Å². The summed E-state index contributed by atoms with van der Waals surface area (Å²) in [7, 11) is 0. The van der Waals surface area contributed by atoms with E-state index in [9.17, 15) is 9.59 Å². The third-order valence-corrected chi connectivity index (χ3v) is 4.08. The molecule has 136 valence electrons. The predicted octanol–water partition coefficient (Wildman–Crippen LogP) is 3.04. The summed E-state index contributed by atoms with van der Waals surface area (Å²) >= 11 is 0. The van der Waals surface area contributed by atoms with Crippen molar-refractivity contribution in [3.05, 3.63) is 71.8 Å². The molecule has 1 aliphatic heterocycles. The third kappa shape index (κ3) is 5.32. The highest BCUT2D eigenvalue weighted by Crippen LogP contribution is 2.18. The van der Waals surface area contributed by atoms with E-state index in [1.54, 1.807) is 0 Å². The Hall–Kier alpha value is -2.86. The van der Waals surface area contributed by atoms with Gasteiger partial charge in [-0.05, 0) is 17.5 Å². The van der Waals surface area contributed by atoms with E-state index in [2.05, 4.69) is 5.32 Å². The molecule has 2 aromatic rings. The number of benzene rings is 2. The predicted molar refractivity (Wildman–Crippen MR) is 95.7 cm³/mol. The molecule has 0 aliphatic carbocycles. The lowest BCUT2D eigenvalue weighted by molar-refractivity contribution is -0.140. The van der Waals surface area contributed by atoms with Crippen LogP contribution in [-0.4, -0.2) is 29.7 Å². The van der Waals surface area contributed by atoms with Crippen molar-refractivity contribution >= 4 is 12.0 Å². The van der Waals surface area contributed by atoms with E-state index in [0.717, 1.165) is 11.1 Å². The van der Waals surface area contributed by atoms with Crippen LogP contribution in [0.15, 0.2) is 60.7 Å². The van der Waals surface area contributed by atoms with Crippen molar-refractivity contribution in [3.63, 3.8) is 0 Å². The molecular formula is C20H22N2O4. The second-order valence-corrected chi connectivity index (χ2v) is 6.12. The molecule has 3 rings (SSSR count). The monoisotopic (exact) mass is 354 g/mol. The van der Waals surface area contributed by atoms with Crippen molar-refractivity contribution in [2.24, 2.45) is 0 Å². The Morgan fingerprint density at radius 2 is 1.69 bits per heavy atom. The Morgan fingerprint density at radius 3 is 2.38 bits per heavy atom. The minimum absolute atomic E-state index is 0.0987. The second-order valence-electron chi connectivity index (χ2n) is 6.12. The maximum atomic E-state index is 12.0. The molecule has 1 saturated heterocycles. The maximum absolute atomic E-state index is 12.0. The zero-order valence-corrected chi connectivity index (χ0v) is 14.5. The van der Waals surface area contributed by atoms with Gasteiger partial charge in [0.25, 0.3) is 0 Å². The third-order valence-electron chi connectivity index (χ3n) is 4.08. The highest BCUT2D eigenvalue weighted by molar-refractivity contribution is 5.76. The number of hydroxylamine groups is 2. The van der Waals surface area contributed by atoms with Gasteiger partial charge in [0, 0.05) is 6.54 Å².